The maximum atomic E-state index is 4.60. The second kappa shape index (κ2) is 8.44. The maximum Gasteiger partial charge on any atom is 0.148 e. The topological polar surface area (TPSA) is 25.8 Å². The SMILES string of the molecule is CC(C)(C)c1ccc(-c2nnc(-c3ccc(-c4cccc5ccccc45)c4ccccc34)s2)cc1. The molecular formula is C32H26N2S. The van der Waals surface area contributed by atoms with Crippen molar-refractivity contribution in [1.82, 2.24) is 10.2 Å². The van der Waals surface area contributed by atoms with E-state index in [1.165, 1.54) is 38.2 Å². The van der Waals surface area contributed by atoms with Gasteiger partial charge in [-0.3, -0.25) is 0 Å². The van der Waals surface area contributed by atoms with Crippen LogP contribution in [0.5, 0.6) is 0 Å². The molecule has 0 aliphatic rings. The molecule has 0 bridgehead atoms. The van der Waals surface area contributed by atoms with Crippen LogP contribution in [0.2, 0.25) is 0 Å². The predicted octanol–water partition coefficient (Wildman–Crippen LogP) is 9.14. The monoisotopic (exact) mass is 470 g/mol. The summed E-state index contributed by atoms with van der Waals surface area (Å²) in [7, 11) is 0. The van der Waals surface area contributed by atoms with Crippen molar-refractivity contribution >= 4 is 32.9 Å². The van der Waals surface area contributed by atoms with Crippen LogP contribution in [0.3, 0.4) is 0 Å². The molecule has 0 amide bonds. The average Bonchev–Trinajstić information content (AvgIpc) is 3.37. The third-order valence-corrected chi connectivity index (χ3v) is 7.66. The van der Waals surface area contributed by atoms with Crippen LogP contribution in [0.4, 0.5) is 0 Å². The highest BCUT2D eigenvalue weighted by Crippen LogP contribution is 2.40. The van der Waals surface area contributed by atoms with E-state index in [2.05, 4.69) is 134 Å². The Morgan fingerprint density at radius 3 is 1.83 bits per heavy atom. The highest BCUT2D eigenvalue weighted by molar-refractivity contribution is 7.18. The molecule has 0 aliphatic carbocycles. The molecule has 0 radical (unpaired) electrons. The van der Waals surface area contributed by atoms with Gasteiger partial charge in [-0.2, -0.15) is 0 Å². The Hall–Kier alpha value is -3.82. The molecular weight excluding hydrogens is 444 g/mol. The number of fused-ring (bicyclic) bond motifs is 2. The molecule has 35 heavy (non-hydrogen) atoms. The van der Waals surface area contributed by atoms with Crippen molar-refractivity contribution in [2.75, 3.05) is 0 Å². The van der Waals surface area contributed by atoms with Crippen molar-refractivity contribution in [3.8, 4) is 32.3 Å². The van der Waals surface area contributed by atoms with E-state index in [0.29, 0.717) is 0 Å². The van der Waals surface area contributed by atoms with Crippen molar-refractivity contribution in [3.05, 3.63) is 109 Å². The number of hydrogen-bond donors (Lipinski definition) is 0. The van der Waals surface area contributed by atoms with Gasteiger partial charge in [-0.1, -0.05) is 135 Å². The van der Waals surface area contributed by atoms with Gasteiger partial charge in [0.1, 0.15) is 10.0 Å². The van der Waals surface area contributed by atoms with Gasteiger partial charge in [0.05, 0.1) is 0 Å². The van der Waals surface area contributed by atoms with E-state index < -0.39 is 0 Å². The first kappa shape index (κ1) is 21.7. The van der Waals surface area contributed by atoms with Crippen LogP contribution in [0.1, 0.15) is 26.3 Å². The van der Waals surface area contributed by atoms with E-state index in [1.54, 1.807) is 11.3 Å². The first-order valence-corrected chi connectivity index (χ1v) is 12.8. The summed E-state index contributed by atoms with van der Waals surface area (Å²) < 4.78 is 0. The van der Waals surface area contributed by atoms with E-state index in [1.807, 2.05) is 0 Å². The number of aromatic nitrogens is 2. The van der Waals surface area contributed by atoms with Gasteiger partial charge in [0.15, 0.2) is 0 Å². The van der Waals surface area contributed by atoms with Crippen molar-refractivity contribution in [3.63, 3.8) is 0 Å². The molecule has 1 aromatic heterocycles. The third-order valence-electron chi connectivity index (χ3n) is 6.66. The molecule has 0 N–H and O–H groups in total. The smallest absolute Gasteiger partial charge is 0.138 e. The van der Waals surface area contributed by atoms with E-state index >= 15 is 0 Å². The second-order valence-electron chi connectivity index (χ2n) is 9.97. The Labute approximate surface area is 209 Å². The van der Waals surface area contributed by atoms with Gasteiger partial charge in [-0.15, -0.1) is 10.2 Å². The molecule has 1 heterocycles. The second-order valence-corrected chi connectivity index (χ2v) is 11.0. The molecule has 0 unspecified atom stereocenters. The first-order chi connectivity index (χ1) is 17.0. The van der Waals surface area contributed by atoms with Crippen molar-refractivity contribution in [1.29, 1.82) is 0 Å². The molecule has 0 spiro atoms. The summed E-state index contributed by atoms with van der Waals surface area (Å²) in [6.07, 6.45) is 0. The van der Waals surface area contributed by atoms with Crippen LogP contribution >= 0.6 is 11.3 Å². The van der Waals surface area contributed by atoms with Gasteiger partial charge in [-0.25, -0.2) is 0 Å². The summed E-state index contributed by atoms with van der Waals surface area (Å²) in [5, 5.41) is 16.0. The summed E-state index contributed by atoms with van der Waals surface area (Å²) in [4.78, 5) is 0. The highest BCUT2D eigenvalue weighted by Gasteiger charge is 2.16. The van der Waals surface area contributed by atoms with Crippen molar-refractivity contribution < 1.29 is 0 Å². The lowest BCUT2D eigenvalue weighted by atomic mass is 9.87. The fourth-order valence-corrected chi connectivity index (χ4v) is 5.63. The van der Waals surface area contributed by atoms with E-state index in [0.717, 1.165) is 21.1 Å². The van der Waals surface area contributed by atoms with E-state index in [9.17, 15) is 0 Å². The molecule has 0 aliphatic heterocycles. The van der Waals surface area contributed by atoms with Crippen LogP contribution < -0.4 is 0 Å². The summed E-state index contributed by atoms with van der Waals surface area (Å²) in [5.74, 6) is 0. The minimum absolute atomic E-state index is 0.134. The number of hydrogen-bond acceptors (Lipinski definition) is 3. The normalized spacial score (nSPS) is 11.9. The lowest BCUT2D eigenvalue weighted by molar-refractivity contribution is 0.590. The lowest BCUT2D eigenvalue weighted by Gasteiger charge is -2.18. The third kappa shape index (κ3) is 3.92. The first-order valence-electron chi connectivity index (χ1n) is 11.9. The Kier molecular flexibility index (Phi) is 5.23. The van der Waals surface area contributed by atoms with Crippen LogP contribution in [-0.2, 0) is 5.41 Å². The minimum atomic E-state index is 0.134. The molecule has 6 rings (SSSR count). The fourth-order valence-electron chi connectivity index (χ4n) is 4.74. The lowest BCUT2D eigenvalue weighted by Crippen LogP contribution is -2.10. The number of rotatable bonds is 3. The number of nitrogens with zero attached hydrogens (tertiary/aromatic N) is 2. The Morgan fingerprint density at radius 1 is 0.514 bits per heavy atom. The van der Waals surface area contributed by atoms with Crippen molar-refractivity contribution in [2.24, 2.45) is 0 Å². The molecule has 0 atom stereocenters. The molecule has 5 aromatic carbocycles. The average molecular weight is 471 g/mol. The Bertz CT molecular complexity index is 1670. The predicted molar refractivity (Wildman–Crippen MR) is 150 cm³/mol. The zero-order chi connectivity index (χ0) is 24.0. The summed E-state index contributed by atoms with van der Waals surface area (Å²) in [5.41, 5.74) is 6.18. The zero-order valence-electron chi connectivity index (χ0n) is 20.1. The largest absolute Gasteiger partial charge is 0.148 e. The molecule has 0 saturated heterocycles. The van der Waals surface area contributed by atoms with Gasteiger partial charge in [0.2, 0.25) is 0 Å². The molecule has 6 aromatic rings. The van der Waals surface area contributed by atoms with Crippen LogP contribution in [0.25, 0.3) is 53.8 Å². The van der Waals surface area contributed by atoms with Crippen LogP contribution in [0.15, 0.2) is 103 Å². The van der Waals surface area contributed by atoms with E-state index in [4.69, 9.17) is 0 Å². The maximum absolute atomic E-state index is 4.60. The van der Waals surface area contributed by atoms with Gasteiger partial charge in [0.25, 0.3) is 0 Å². The molecule has 2 nitrogen and oxygen atoms in total. The van der Waals surface area contributed by atoms with Gasteiger partial charge < -0.3 is 0 Å². The quantitative estimate of drug-likeness (QED) is 0.258. The number of benzene rings is 5. The Balaban J connectivity index is 1.45. The minimum Gasteiger partial charge on any atom is -0.138 e. The van der Waals surface area contributed by atoms with Gasteiger partial charge >= 0.3 is 0 Å². The van der Waals surface area contributed by atoms with Gasteiger partial charge in [-0.05, 0) is 43.7 Å². The highest BCUT2D eigenvalue weighted by atomic mass is 32.1. The molecule has 0 saturated carbocycles. The molecule has 0 fully saturated rings. The standard InChI is InChI=1S/C32H26N2S/c1-32(2,3)23-17-15-22(16-18-23)30-33-34-31(35-30)29-20-19-28(26-12-6-7-13-27(26)29)25-14-8-10-21-9-4-5-11-24(21)25/h4-20H,1-3H3. The molecule has 3 heteroatoms. The zero-order valence-corrected chi connectivity index (χ0v) is 20.9. The molecule has 170 valence electrons. The van der Waals surface area contributed by atoms with Crippen molar-refractivity contribution in [2.45, 2.75) is 26.2 Å². The van der Waals surface area contributed by atoms with Gasteiger partial charge in [0, 0.05) is 11.1 Å². The fraction of sp³-hybridized carbons (Fsp3) is 0.125. The summed E-state index contributed by atoms with van der Waals surface area (Å²) in [6, 6.07) is 36.9. The summed E-state index contributed by atoms with van der Waals surface area (Å²) in [6.45, 7) is 6.70. The van der Waals surface area contributed by atoms with Crippen LogP contribution in [-0.4, -0.2) is 10.2 Å². The van der Waals surface area contributed by atoms with Crippen LogP contribution in [0, 0.1) is 0 Å². The van der Waals surface area contributed by atoms with E-state index in [-0.39, 0.29) is 5.41 Å². The Morgan fingerprint density at radius 2 is 1.09 bits per heavy atom. The summed E-state index contributed by atoms with van der Waals surface area (Å²) >= 11 is 1.65.